The van der Waals surface area contributed by atoms with Crippen molar-refractivity contribution in [1.82, 2.24) is 15.1 Å². The second kappa shape index (κ2) is 3.74. The number of aliphatic hydroxyl groups is 1. The summed E-state index contributed by atoms with van der Waals surface area (Å²) in [5.41, 5.74) is 0.171. The summed E-state index contributed by atoms with van der Waals surface area (Å²) in [4.78, 5) is 7.44. The minimum Gasteiger partial charge on any atom is -0.385 e. The van der Waals surface area contributed by atoms with Gasteiger partial charge in [-0.25, -0.2) is 4.39 Å². The first-order valence-electron chi connectivity index (χ1n) is 4.30. The first-order valence-corrected chi connectivity index (χ1v) is 4.30. The molecule has 0 saturated heterocycles. The van der Waals surface area contributed by atoms with Crippen molar-refractivity contribution in [3.63, 3.8) is 0 Å². The number of rotatable bonds is 2. The Morgan fingerprint density at radius 2 is 2.33 bits per heavy atom. The minimum absolute atomic E-state index is 0.0331. The molecule has 0 aliphatic carbocycles. The quantitative estimate of drug-likeness (QED) is 0.807. The van der Waals surface area contributed by atoms with Gasteiger partial charge in [0.25, 0.3) is 5.89 Å². The van der Waals surface area contributed by atoms with Crippen LogP contribution in [0.5, 0.6) is 0 Å². The molecule has 2 aromatic rings. The Kier molecular flexibility index (Phi) is 2.42. The summed E-state index contributed by atoms with van der Waals surface area (Å²) in [5.74, 6) is -0.384. The van der Waals surface area contributed by atoms with Crippen LogP contribution in [-0.4, -0.2) is 20.2 Å². The zero-order valence-electron chi connectivity index (χ0n) is 7.88. The number of aromatic nitrogens is 3. The molecule has 0 fully saturated rings. The maximum absolute atomic E-state index is 13.2. The molecule has 0 aromatic carbocycles. The average molecular weight is 209 g/mol. The fraction of sp³-hybridized carbons (Fsp3) is 0.222. The number of hydrogen-bond donors (Lipinski definition) is 1. The summed E-state index contributed by atoms with van der Waals surface area (Å²) >= 11 is 0. The van der Waals surface area contributed by atoms with Gasteiger partial charge >= 0.3 is 0 Å². The Bertz CT molecular complexity index is 470. The van der Waals surface area contributed by atoms with Crippen LogP contribution in [0.25, 0.3) is 11.5 Å². The Morgan fingerprint density at radius 3 is 2.93 bits per heavy atom. The van der Waals surface area contributed by atoms with E-state index < -0.39 is 11.9 Å². The van der Waals surface area contributed by atoms with Crippen molar-refractivity contribution >= 4 is 0 Å². The van der Waals surface area contributed by atoms with Crippen molar-refractivity contribution in [2.45, 2.75) is 13.0 Å². The van der Waals surface area contributed by atoms with Gasteiger partial charge in [-0.2, -0.15) is 4.98 Å². The summed E-state index contributed by atoms with van der Waals surface area (Å²) in [6.07, 6.45) is 1.64. The Balaban J connectivity index is 2.42. The van der Waals surface area contributed by atoms with Crippen LogP contribution in [0.3, 0.4) is 0 Å². The summed E-state index contributed by atoms with van der Waals surface area (Å²) in [6.45, 7) is 1.50. The van der Waals surface area contributed by atoms with E-state index in [0.29, 0.717) is 0 Å². The van der Waals surface area contributed by atoms with E-state index >= 15 is 0 Å². The van der Waals surface area contributed by atoms with Gasteiger partial charge in [0.1, 0.15) is 6.10 Å². The van der Waals surface area contributed by atoms with Crippen molar-refractivity contribution in [2.24, 2.45) is 0 Å². The molecular formula is C9H8FN3O2. The molecule has 5 nitrogen and oxygen atoms in total. The van der Waals surface area contributed by atoms with Gasteiger partial charge in [-0.05, 0) is 13.0 Å². The lowest BCUT2D eigenvalue weighted by atomic mass is 10.2. The SMILES string of the molecule is CC(O)c1noc(-c2ccncc2F)n1. The highest BCUT2D eigenvalue weighted by atomic mass is 19.1. The molecular weight excluding hydrogens is 201 g/mol. The van der Waals surface area contributed by atoms with Crippen LogP contribution in [0.15, 0.2) is 23.0 Å². The lowest BCUT2D eigenvalue weighted by molar-refractivity contribution is 0.184. The number of nitrogens with zero attached hydrogens (tertiary/aromatic N) is 3. The third kappa shape index (κ3) is 1.84. The molecule has 0 aliphatic rings. The molecule has 2 rings (SSSR count). The van der Waals surface area contributed by atoms with Gasteiger partial charge in [-0.15, -0.1) is 0 Å². The zero-order chi connectivity index (χ0) is 10.8. The fourth-order valence-electron chi connectivity index (χ4n) is 1.06. The molecule has 0 amide bonds. The molecule has 1 atom stereocenters. The minimum atomic E-state index is -0.840. The molecule has 2 aromatic heterocycles. The van der Waals surface area contributed by atoms with Crippen LogP contribution in [0.2, 0.25) is 0 Å². The maximum atomic E-state index is 13.2. The van der Waals surface area contributed by atoms with E-state index in [9.17, 15) is 4.39 Å². The third-order valence-electron chi connectivity index (χ3n) is 1.82. The first kappa shape index (κ1) is 9.72. The molecule has 0 bridgehead atoms. The van der Waals surface area contributed by atoms with Gasteiger partial charge < -0.3 is 9.63 Å². The molecule has 1 N–H and O–H groups in total. The van der Waals surface area contributed by atoms with Gasteiger partial charge in [-0.3, -0.25) is 4.98 Å². The van der Waals surface area contributed by atoms with Gasteiger partial charge in [0.05, 0.1) is 11.8 Å². The number of halogens is 1. The predicted octanol–water partition coefficient (Wildman–Crippen LogP) is 1.32. The molecule has 0 aliphatic heterocycles. The Labute approximate surface area is 84.6 Å². The lowest BCUT2D eigenvalue weighted by Gasteiger charge is -1.94. The normalized spacial score (nSPS) is 12.7. The van der Waals surface area contributed by atoms with E-state index in [-0.39, 0.29) is 17.3 Å². The van der Waals surface area contributed by atoms with E-state index in [4.69, 9.17) is 9.63 Å². The van der Waals surface area contributed by atoms with E-state index in [1.54, 1.807) is 0 Å². The van der Waals surface area contributed by atoms with Crippen molar-refractivity contribution in [2.75, 3.05) is 0 Å². The number of pyridine rings is 1. The van der Waals surface area contributed by atoms with Crippen LogP contribution in [0.1, 0.15) is 18.9 Å². The smallest absolute Gasteiger partial charge is 0.261 e. The molecule has 0 saturated carbocycles. The largest absolute Gasteiger partial charge is 0.385 e. The summed E-state index contributed by atoms with van der Waals surface area (Å²) in [5, 5.41) is 12.7. The molecule has 2 heterocycles. The van der Waals surface area contributed by atoms with E-state index in [1.807, 2.05) is 0 Å². The van der Waals surface area contributed by atoms with E-state index in [2.05, 4.69) is 15.1 Å². The second-order valence-electron chi connectivity index (χ2n) is 2.99. The standard InChI is InChI=1S/C9H8FN3O2/c1-5(14)8-12-9(15-13-8)6-2-3-11-4-7(6)10/h2-5,14H,1H3. The van der Waals surface area contributed by atoms with Gasteiger partial charge in [0.15, 0.2) is 11.6 Å². The summed E-state index contributed by atoms with van der Waals surface area (Å²) in [7, 11) is 0. The number of aliphatic hydroxyl groups excluding tert-OH is 1. The highest BCUT2D eigenvalue weighted by Crippen LogP contribution is 2.20. The Morgan fingerprint density at radius 1 is 1.53 bits per heavy atom. The first-order chi connectivity index (χ1) is 7.18. The van der Waals surface area contributed by atoms with Crippen LogP contribution in [-0.2, 0) is 0 Å². The van der Waals surface area contributed by atoms with Gasteiger partial charge in [0.2, 0.25) is 0 Å². The highest BCUT2D eigenvalue weighted by Gasteiger charge is 2.15. The summed E-state index contributed by atoms with van der Waals surface area (Å²) in [6, 6.07) is 1.43. The molecule has 6 heteroatoms. The van der Waals surface area contributed by atoms with Crippen LogP contribution < -0.4 is 0 Å². The van der Waals surface area contributed by atoms with Crippen molar-refractivity contribution in [1.29, 1.82) is 0 Å². The average Bonchev–Trinajstić information content (AvgIpc) is 2.67. The van der Waals surface area contributed by atoms with Gasteiger partial charge in [-0.1, -0.05) is 5.16 Å². The highest BCUT2D eigenvalue weighted by molar-refractivity contribution is 5.52. The van der Waals surface area contributed by atoms with E-state index in [1.165, 1.54) is 19.2 Å². The van der Waals surface area contributed by atoms with Crippen molar-refractivity contribution < 1.29 is 14.0 Å². The van der Waals surface area contributed by atoms with Crippen LogP contribution in [0, 0.1) is 5.82 Å². The lowest BCUT2D eigenvalue weighted by Crippen LogP contribution is -1.93. The van der Waals surface area contributed by atoms with Crippen molar-refractivity contribution in [3.8, 4) is 11.5 Å². The van der Waals surface area contributed by atoms with Crippen molar-refractivity contribution in [3.05, 3.63) is 30.1 Å². The molecule has 0 spiro atoms. The van der Waals surface area contributed by atoms with Gasteiger partial charge in [0, 0.05) is 6.20 Å². The Hall–Kier alpha value is -1.82. The van der Waals surface area contributed by atoms with Crippen LogP contribution >= 0.6 is 0 Å². The third-order valence-corrected chi connectivity index (χ3v) is 1.82. The monoisotopic (exact) mass is 209 g/mol. The second-order valence-corrected chi connectivity index (χ2v) is 2.99. The molecule has 1 unspecified atom stereocenters. The fourth-order valence-corrected chi connectivity index (χ4v) is 1.06. The maximum Gasteiger partial charge on any atom is 0.261 e. The molecule has 78 valence electrons. The molecule has 0 radical (unpaired) electrons. The number of hydrogen-bond acceptors (Lipinski definition) is 5. The topological polar surface area (TPSA) is 72.0 Å². The zero-order valence-corrected chi connectivity index (χ0v) is 7.88. The molecule has 15 heavy (non-hydrogen) atoms. The van der Waals surface area contributed by atoms with E-state index in [0.717, 1.165) is 6.20 Å². The summed E-state index contributed by atoms with van der Waals surface area (Å²) < 4.78 is 18.0. The predicted molar refractivity (Wildman–Crippen MR) is 48.1 cm³/mol. The van der Waals surface area contributed by atoms with Crippen LogP contribution in [0.4, 0.5) is 4.39 Å².